The molecule has 0 amide bonds. The predicted octanol–water partition coefficient (Wildman–Crippen LogP) is 0.930. The summed E-state index contributed by atoms with van der Waals surface area (Å²) >= 11 is 0.704. The topological polar surface area (TPSA) is 107 Å². The number of aromatic nitrogens is 2. The summed E-state index contributed by atoms with van der Waals surface area (Å²) in [6.07, 6.45) is 0. The van der Waals surface area contributed by atoms with Crippen molar-refractivity contribution in [3.63, 3.8) is 0 Å². The minimum Gasteiger partial charge on any atom is -0.478 e. The Bertz CT molecular complexity index is 811. The number of hydrogen-bond acceptors (Lipinski definition) is 7. The second kappa shape index (κ2) is 4.78. The van der Waals surface area contributed by atoms with Crippen molar-refractivity contribution in [3.05, 3.63) is 24.2 Å². The van der Waals surface area contributed by atoms with Crippen molar-refractivity contribution in [2.24, 2.45) is 0 Å². The molecule has 0 bridgehead atoms. The van der Waals surface area contributed by atoms with Crippen molar-refractivity contribution in [1.82, 2.24) is 8.75 Å². The maximum atomic E-state index is 12.3. The summed E-state index contributed by atoms with van der Waals surface area (Å²) in [5, 5.41) is 0. The molecule has 1 heterocycles. The summed E-state index contributed by atoms with van der Waals surface area (Å²) in [5.74, 6) is -0.277. The van der Waals surface area contributed by atoms with Crippen molar-refractivity contribution >= 4 is 33.3 Å². The van der Waals surface area contributed by atoms with Crippen LogP contribution in [0.3, 0.4) is 0 Å². The van der Waals surface area contributed by atoms with E-state index in [1.165, 1.54) is 7.11 Å². The molecule has 0 atom stereocenters. The standard InChI is InChI=1S/C9H10N4O3S2/c1-16-9-8(11-17-12-9)13-18(14,15)7-4-2-6(10)3-5-7/h2-5H,10H2,1H3,(H,11,13)/i2D,3D,4D,5D. The molecule has 1 aromatic carbocycles. The van der Waals surface area contributed by atoms with Gasteiger partial charge in [-0.05, 0) is 24.2 Å². The molecule has 0 spiro atoms. The Morgan fingerprint density at radius 1 is 1.39 bits per heavy atom. The number of benzene rings is 1. The maximum Gasteiger partial charge on any atom is 0.271 e. The van der Waals surface area contributed by atoms with Crippen LogP contribution in [0.5, 0.6) is 5.88 Å². The van der Waals surface area contributed by atoms with Crippen LogP contribution in [0.2, 0.25) is 0 Å². The highest BCUT2D eigenvalue weighted by atomic mass is 32.2. The number of nitrogens with one attached hydrogen (secondary N) is 1. The Morgan fingerprint density at radius 2 is 2.06 bits per heavy atom. The fourth-order valence-electron chi connectivity index (χ4n) is 1.00. The molecule has 9 heteroatoms. The quantitative estimate of drug-likeness (QED) is 0.811. The number of methoxy groups -OCH3 is 1. The third kappa shape index (κ3) is 2.51. The first-order valence-electron chi connectivity index (χ1n) is 6.45. The predicted molar refractivity (Wildman–Crippen MR) is 68.1 cm³/mol. The van der Waals surface area contributed by atoms with Gasteiger partial charge in [0.2, 0.25) is 5.82 Å². The average Bonchev–Trinajstić information content (AvgIpc) is 2.89. The van der Waals surface area contributed by atoms with Crippen LogP contribution in [0.4, 0.5) is 11.5 Å². The Morgan fingerprint density at radius 3 is 2.67 bits per heavy atom. The fraction of sp³-hybridized carbons (Fsp3) is 0.111. The van der Waals surface area contributed by atoms with Gasteiger partial charge < -0.3 is 10.5 Å². The molecule has 7 nitrogen and oxygen atoms in total. The number of nitrogens with zero attached hydrogens (tertiary/aromatic N) is 2. The van der Waals surface area contributed by atoms with Crippen molar-refractivity contribution in [2.45, 2.75) is 4.90 Å². The normalized spacial score (nSPS) is 14.3. The molecule has 0 saturated heterocycles. The third-order valence-electron chi connectivity index (χ3n) is 1.77. The Kier molecular flexibility index (Phi) is 2.20. The second-order valence-electron chi connectivity index (χ2n) is 2.97. The van der Waals surface area contributed by atoms with Crippen molar-refractivity contribution in [2.75, 3.05) is 17.6 Å². The number of nitrogen functional groups attached to an aromatic ring is 1. The molecule has 0 saturated carbocycles. The van der Waals surface area contributed by atoms with Crippen LogP contribution in [0, 0.1) is 0 Å². The molecule has 0 aliphatic carbocycles. The van der Waals surface area contributed by atoms with Gasteiger partial charge in [-0.15, -0.1) is 4.37 Å². The van der Waals surface area contributed by atoms with Gasteiger partial charge in [0.25, 0.3) is 15.9 Å². The van der Waals surface area contributed by atoms with Gasteiger partial charge in [-0.3, -0.25) is 4.72 Å². The Labute approximate surface area is 114 Å². The average molecular weight is 290 g/mol. The summed E-state index contributed by atoms with van der Waals surface area (Å²) in [5.41, 5.74) is 4.98. The zero-order valence-corrected chi connectivity index (χ0v) is 10.6. The molecule has 0 radical (unpaired) electrons. The van der Waals surface area contributed by atoms with Crippen LogP contribution in [0.15, 0.2) is 29.1 Å². The number of sulfonamides is 1. The van der Waals surface area contributed by atoms with Gasteiger partial charge >= 0.3 is 0 Å². The van der Waals surface area contributed by atoms with E-state index >= 15 is 0 Å². The molecular weight excluding hydrogens is 276 g/mol. The minimum atomic E-state index is -4.44. The number of nitrogens with two attached hydrogens (primary N) is 1. The zero-order chi connectivity index (χ0) is 16.7. The van der Waals surface area contributed by atoms with Crippen LogP contribution in [-0.4, -0.2) is 24.3 Å². The highest BCUT2D eigenvalue weighted by Gasteiger charge is 2.18. The van der Waals surface area contributed by atoms with E-state index in [9.17, 15) is 8.42 Å². The smallest absolute Gasteiger partial charge is 0.271 e. The monoisotopic (exact) mass is 290 g/mol. The van der Waals surface area contributed by atoms with Gasteiger partial charge in [0.05, 0.1) is 29.2 Å². The lowest BCUT2D eigenvalue weighted by molar-refractivity contribution is 0.404. The molecule has 0 unspecified atom stereocenters. The van der Waals surface area contributed by atoms with Gasteiger partial charge in [0.15, 0.2) is 0 Å². The van der Waals surface area contributed by atoms with Crippen LogP contribution < -0.4 is 15.2 Å². The molecule has 0 aliphatic heterocycles. The summed E-state index contributed by atoms with van der Waals surface area (Å²) in [4.78, 5) is -0.827. The Hall–Kier alpha value is -1.87. The van der Waals surface area contributed by atoms with E-state index in [4.69, 9.17) is 16.0 Å². The molecule has 1 aromatic heterocycles. The van der Waals surface area contributed by atoms with Crippen LogP contribution in [-0.2, 0) is 10.0 Å². The van der Waals surface area contributed by atoms with E-state index in [1.807, 2.05) is 4.72 Å². The lowest BCUT2D eigenvalue weighted by atomic mass is 10.3. The van der Waals surface area contributed by atoms with E-state index in [2.05, 4.69) is 8.75 Å². The van der Waals surface area contributed by atoms with Gasteiger partial charge in [-0.1, -0.05) is 0 Å². The first-order valence-corrected chi connectivity index (χ1v) is 6.67. The lowest BCUT2D eigenvalue weighted by Gasteiger charge is -2.06. The van der Waals surface area contributed by atoms with E-state index < -0.39 is 44.8 Å². The summed E-state index contributed by atoms with van der Waals surface area (Å²) < 4.78 is 69.5. The second-order valence-corrected chi connectivity index (χ2v) is 5.12. The molecule has 2 aromatic rings. The van der Waals surface area contributed by atoms with Crippen molar-refractivity contribution < 1.29 is 18.6 Å². The Balaban J connectivity index is 2.60. The number of ether oxygens (including phenoxy) is 1. The minimum absolute atomic E-state index is 0.0701. The molecule has 3 N–H and O–H groups in total. The van der Waals surface area contributed by atoms with Gasteiger partial charge in [0, 0.05) is 5.69 Å². The summed E-state index contributed by atoms with van der Waals surface area (Å²) in [7, 11) is -3.16. The largest absolute Gasteiger partial charge is 0.478 e. The molecule has 96 valence electrons. The highest BCUT2D eigenvalue weighted by molar-refractivity contribution is 7.92. The molecular formula is C9H10N4O3S2. The van der Waals surface area contributed by atoms with Gasteiger partial charge in [-0.2, -0.15) is 4.37 Å². The number of hydrogen-bond donors (Lipinski definition) is 2. The highest BCUT2D eigenvalue weighted by Crippen LogP contribution is 2.24. The van der Waals surface area contributed by atoms with E-state index in [-0.39, 0.29) is 11.7 Å². The number of rotatable bonds is 4. The first kappa shape index (κ1) is 8.27. The molecule has 0 aliphatic rings. The van der Waals surface area contributed by atoms with Crippen LogP contribution in [0.1, 0.15) is 5.48 Å². The summed E-state index contributed by atoms with van der Waals surface area (Å²) in [6.45, 7) is 0. The van der Waals surface area contributed by atoms with E-state index in [1.54, 1.807) is 0 Å². The van der Waals surface area contributed by atoms with E-state index in [0.717, 1.165) is 0 Å². The van der Waals surface area contributed by atoms with Crippen LogP contribution in [0.25, 0.3) is 0 Å². The third-order valence-corrected chi connectivity index (χ3v) is 3.49. The SMILES string of the molecule is [2H]c1c([2H])c(S(=O)(=O)Nc2nsnc2OC)c([2H])c([2H])c1N. The number of anilines is 2. The van der Waals surface area contributed by atoms with Gasteiger partial charge in [-0.25, -0.2) is 8.42 Å². The zero-order valence-electron chi connectivity index (χ0n) is 13.0. The maximum absolute atomic E-state index is 12.3. The molecule has 18 heavy (non-hydrogen) atoms. The van der Waals surface area contributed by atoms with E-state index in [0.29, 0.717) is 11.7 Å². The van der Waals surface area contributed by atoms with Crippen LogP contribution >= 0.6 is 11.7 Å². The van der Waals surface area contributed by atoms with Gasteiger partial charge in [0.1, 0.15) is 0 Å². The fourth-order valence-corrected chi connectivity index (χ4v) is 2.40. The molecule has 0 fully saturated rings. The molecule has 2 rings (SSSR count). The summed E-state index contributed by atoms with van der Waals surface area (Å²) in [6, 6.07) is -2.81. The lowest BCUT2D eigenvalue weighted by Crippen LogP contribution is -2.13. The first-order chi connectivity index (χ1) is 10.2. The van der Waals surface area contributed by atoms with Crippen molar-refractivity contribution in [1.29, 1.82) is 0 Å². The van der Waals surface area contributed by atoms with Crippen molar-refractivity contribution in [3.8, 4) is 5.88 Å².